The summed E-state index contributed by atoms with van der Waals surface area (Å²) >= 11 is 4.86. The molecule has 0 saturated carbocycles. The Morgan fingerprint density at radius 3 is 2.53 bits per heavy atom. The van der Waals surface area contributed by atoms with Crippen molar-refractivity contribution in [3.63, 3.8) is 0 Å². The molecule has 0 atom stereocenters. The van der Waals surface area contributed by atoms with Crippen LogP contribution in [-0.2, 0) is 4.84 Å². The monoisotopic (exact) mass is 223 g/mol. The Hall–Kier alpha value is -1.42. The van der Waals surface area contributed by atoms with E-state index in [9.17, 15) is 4.79 Å². The number of hydrogen-bond acceptors (Lipinski definition) is 3. The van der Waals surface area contributed by atoms with E-state index >= 15 is 0 Å². The molecule has 0 bridgehead atoms. The first-order valence-corrected chi connectivity index (χ1v) is 5.11. The average molecular weight is 223 g/mol. The maximum Gasteiger partial charge on any atom is 0.362 e. The van der Waals surface area contributed by atoms with Crippen molar-refractivity contribution in [2.45, 2.75) is 20.3 Å². The van der Waals surface area contributed by atoms with Crippen LogP contribution in [0.25, 0.3) is 0 Å². The highest BCUT2D eigenvalue weighted by Gasteiger charge is 2.06. The van der Waals surface area contributed by atoms with E-state index in [0.717, 1.165) is 5.56 Å². The Morgan fingerprint density at radius 1 is 1.40 bits per heavy atom. The quantitative estimate of drug-likeness (QED) is 0.617. The van der Waals surface area contributed by atoms with Crippen LogP contribution in [-0.4, -0.2) is 11.0 Å². The van der Waals surface area contributed by atoms with E-state index in [1.54, 1.807) is 12.1 Å². The summed E-state index contributed by atoms with van der Waals surface area (Å²) in [6, 6.07) is 7.14. The van der Waals surface area contributed by atoms with Gasteiger partial charge in [0.2, 0.25) is 0 Å². The molecule has 0 fully saturated rings. The number of aryl methyl sites for hydroxylation is 1. The van der Waals surface area contributed by atoms with Crippen LogP contribution in [0.3, 0.4) is 0 Å². The lowest BCUT2D eigenvalue weighted by Crippen LogP contribution is -2.24. The highest BCUT2D eigenvalue weighted by Crippen LogP contribution is 2.04. The summed E-state index contributed by atoms with van der Waals surface area (Å²) < 4.78 is 0. The van der Waals surface area contributed by atoms with Gasteiger partial charge < -0.3 is 4.84 Å². The Bertz CT molecular complexity index is 359. The first kappa shape index (κ1) is 11.7. The van der Waals surface area contributed by atoms with E-state index in [1.807, 2.05) is 26.0 Å². The van der Waals surface area contributed by atoms with Gasteiger partial charge in [-0.2, -0.15) is 0 Å². The third kappa shape index (κ3) is 3.67. The fourth-order valence-corrected chi connectivity index (χ4v) is 0.966. The van der Waals surface area contributed by atoms with Gasteiger partial charge in [-0.25, -0.2) is 10.3 Å². The fourth-order valence-electron chi connectivity index (χ4n) is 0.924. The number of carbonyl (C=O) groups excluding carboxylic acids is 1. The van der Waals surface area contributed by atoms with Gasteiger partial charge in [0.1, 0.15) is 4.99 Å². The second-order valence-electron chi connectivity index (χ2n) is 3.13. The molecule has 0 aliphatic heterocycles. The van der Waals surface area contributed by atoms with E-state index in [-0.39, 0.29) is 0 Å². The van der Waals surface area contributed by atoms with Crippen LogP contribution in [0.5, 0.6) is 0 Å². The normalized spacial score (nSPS) is 9.47. The summed E-state index contributed by atoms with van der Waals surface area (Å²) in [5.74, 6) is -0.425. The molecule has 0 aliphatic rings. The average Bonchev–Trinajstić information content (AvgIpc) is 2.26. The van der Waals surface area contributed by atoms with Gasteiger partial charge >= 0.3 is 5.97 Å². The highest BCUT2D eigenvalue weighted by molar-refractivity contribution is 7.80. The molecule has 1 aromatic carbocycles. The zero-order valence-electron chi connectivity index (χ0n) is 8.74. The lowest BCUT2D eigenvalue weighted by atomic mass is 10.2. The van der Waals surface area contributed by atoms with Gasteiger partial charge in [-0.15, -0.1) is 0 Å². The Morgan fingerprint density at radius 2 is 2.00 bits per heavy atom. The van der Waals surface area contributed by atoms with Crippen LogP contribution in [0, 0.1) is 6.92 Å². The van der Waals surface area contributed by atoms with Crippen LogP contribution in [0.15, 0.2) is 24.3 Å². The molecule has 80 valence electrons. The first-order chi connectivity index (χ1) is 7.13. The van der Waals surface area contributed by atoms with Gasteiger partial charge in [0, 0.05) is 0 Å². The van der Waals surface area contributed by atoms with Crippen LogP contribution in [0.4, 0.5) is 0 Å². The van der Waals surface area contributed by atoms with Crippen molar-refractivity contribution in [1.82, 2.24) is 5.48 Å². The summed E-state index contributed by atoms with van der Waals surface area (Å²) in [7, 11) is 0. The highest BCUT2D eigenvalue weighted by atomic mass is 32.1. The van der Waals surface area contributed by atoms with Gasteiger partial charge in [0.05, 0.1) is 5.56 Å². The summed E-state index contributed by atoms with van der Waals surface area (Å²) in [5.41, 5.74) is 4.03. The van der Waals surface area contributed by atoms with E-state index in [0.29, 0.717) is 17.0 Å². The standard InChI is InChI=1S/C11H13NO2S/c1-3-10(15)12-14-11(13)9-6-4-8(2)5-7-9/h4-7H,3H2,1-2H3,(H,12,15). The minimum Gasteiger partial charge on any atom is -0.337 e. The van der Waals surface area contributed by atoms with E-state index in [1.165, 1.54) is 0 Å². The predicted octanol–water partition coefficient (Wildman–Crippen LogP) is 2.39. The second kappa shape index (κ2) is 5.46. The summed E-state index contributed by atoms with van der Waals surface area (Å²) in [6.07, 6.45) is 0.649. The van der Waals surface area contributed by atoms with E-state index in [2.05, 4.69) is 5.48 Å². The predicted molar refractivity (Wildman–Crippen MR) is 62.6 cm³/mol. The lowest BCUT2D eigenvalue weighted by Gasteiger charge is -2.06. The van der Waals surface area contributed by atoms with Crippen molar-refractivity contribution in [2.24, 2.45) is 0 Å². The zero-order chi connectivity index (χ0) is 11.3. The number of nitrogens with one attached hydrogen (secondary N) is 1. The molecule has 0 aromatic heterocycles. The van der Waals surface area contributed by atoms with Crippen molar-refractivity contribution in [1.29, 1.82) is 0 Å². The van der Waals surface area contributed by atoms with Crippen LogP contribution in [0.1, 0.15) is 29.3 Å². The Balaban J connectivity index is 2.54. The molecule has 0 heterocycles. The van der Waals surface area contributed by atoms with Crippen molar-refractivity contribution in [3.05, 3.63) is 35.4 Å². The smallest absolute Gasteiger partial charge is 0.337 e. The molecular formula is C11H13NO2S. The molecular weight excluding hydrogens is 210 g/mol. The van der Waals surface area contributed by atoms with Crippen LogP contribution in [0.2, 0.25) is 0 Å². The van der Waals surface area contributed by atoms with Crippen molar-refractivity contribution in [2.75, 3.05) is 0 Å². The number of rotatable bonds is 2. The maximum atomic E-state index is 11.4. The minimum atomic E-state index is -0.425. The minimum absolute atomic E-state index is 0.425. The van der Waals surface area contributed by atoms with Gasteiger partial charge in [-0.05, 0) is 25.5 Å². The zero-order valence-corrected chi connectivity index (χ0v) is 9.56. The molecule has 0 amide bonds. The molecule has 1 N–H and O–H groups in total. The summed E-state index contributed by atoms with van der Waals surface area (Å²) in [5, 5.41) is 0. The summed E-state index contributed by atoms with van der Waals surface area (Å²) in [6.45, 7) is 3.84. The van der Waals surface area contributed by atoms with Crippen molar-refractivity contribution < 1.29 is 9.63 Å². The number of hydrogen-bond donors (Lipinski definition) is 1. The van der Waals surface area contributed by atoms with Crippen molar-refractivity contribution in [3.8, 4) is 0 Å². The van der Waals surface area contributed by atoms with Gasteiger partial charge in [0.15, 0.2) is 0 Å². The Kier molecular flexibility index (Phi) is 4.24. The van der Waals surface area contributed by atoms with Gasteiger partial charge in [-0.3, -0.25) is 0 Å². The van der Waals surface area contributed by atoms with E-state index < -0.39 is 5.97 Å². The molecule has 1 aromatic rings. The molecule has 0 radical (unpaired) electrons. The van der Waals surface area contributed by atoms with Gasteiger partial charge in [-0.1, -0.05) is 36.8 Å². The number of benzene rings is 1. The first-order valence-electron chi connectivity index (χ1n) is 4.70. The number of thiocarbonyl (C=S) groups is 1. The largest absolute Gasteiger partial charge is 0.362 e. The molecule has 0 unspecified atom stereocenters. The number of hydroxylamine groups is 1. The third-order valence-electron chi connectivity index (χ3n) is 1.87. The second-order valence-corrected chi connectivity index (χ2v) is 3.63. The van der Waals surface area contributed by atoms with Crippen LogP contribution >= 0.6 is 12.2 Å². The third-order valence-corrected chi connectivity index (χ3v) is 2.24. The topological polar surface area (TPSA) is 38.3 Å². The lowest BCUT2D eigenvalue weighted by molar-refractivity contribution is 0.0388. The fraction of sp³-hybridized carbons (Fsp3) is 0.273. The molecule has 4 heteroatoms. The van der Waals surface area contributed by atoms with Crippen LogP contribution < -0.4 is 5.48 Å². The Labute approximate surface area is 94.4 Å². The number of carbonyl (C=O) groups is 1. The molecule has 0 aliphatic carbocycles. The molecule has 15 heavy (non-hydrogen) atoms. The molecule has 0 saturated heterocycles. The van der Waals surface area contributed by atoms with Gasteiger partial charge in [0.25, 0.3) is 0 Å². The summed E-state index contributed by atoms with van der Waals surface area (Å²) in [4.78, 5) is 16.7. The molecule has 0 spiro atoms. The maximum absolute atomic E-state index is 11.4. The van der Waals surface area contributed by atoms with Crippen molar-refractivity contribution >= 4 is 23.2 Å². The molecule has 1 rings (SSSR count). The van der Waals surface area contributed by atoms with E-state index in [4.69, 9.17) is 17.1 Å². The SMILES string of the molecule is CCC(=S)NOC(=O)c1ccc(C)cc1. The molecule has 3 nitrogen and oxygen atoms in total.